The van der Waals surface area contributed by atoms with Gasteiger partial charge in [-0.05, 0) is 29.8 Å². The second-order valence-electron chi connectivity index (χ2n) is 5.43. The lowest BCUT2D eigenvalue weighted by atomic mass is 10.0. The summed E-state index contributed by atoms with van der Waals surface area (Å²) in [5.41, 5.74) is 6.83. The molecule has 122 valence electrons. The first kappa shape index (κ1) is 17.4. The summed E-state index contributed by atoms with van der Waals surface area (Å²) in [5, 5.41) is 6.53. The summed E-state index contributed by atoms with van der Waals surface area (Å²) in [4.78, 5) is 6.42. The molecule has 0 saturated heterocycles. The lowest BCUT2D eigenvalue weighted by Gasteiger charge is -2.15. The lowest BCUT2D eigenvalue weighted by molar-refractivity contribution is 0.310. The Morgan fingerprint density at radius 2 is 1.91 bits per heavy atom. The van der Waals surface area contributed by atoms with E-state index in [1.807, 2.05) is 0 Å². The summed E-state index contributed by atoms with van der Waals surface area (Å²) in [6.45, 7) is 1.88. The molecule has 0 radical (unpaired) electrons. The molecule has 0 spiro atoms. The van der Waals surface area contributed by atoms with Crippen LogP contribution in [0.4, 0.5) is 0 Å². The topological polar surface area (TPSA) is 68.2 Å². The zero-order chi connectivity index (χ0) is 15.4. The van der Waals surface area contributed by atoms with Crippen LogP contribution in [-0.4, -0.2) is 28.6 Å². The van der Waals surface area contributed by atoms with Crippen molar-refractivity contribution < 1.29 is 4.52 Å². The molecule has 5 nitrogen and oxygen atoms in total. The molecule has 0 aliphatic rings. The highest BCUT2D eigenvalue weighted by molar-refractivity contribution is 5.86. The van der Waals surface area contributed by atoms with Gasteiger partial charge in [-0.25, -0.2) is 0 Å². The Kier molecular flexibility index (Phi) is 6.10. The molecular formula is C17H21ClN4O. The average molecular weight is 333 g/mol. The molecule has 1 aromatic heterocycles. The fourth-order valence-corrected chi connectivity index (χ4v) is 2.58. The van der Waals surface area contributed by atoms with Crippen molar-refractivity contribution in [1.82, 2.24) is 15.0 Å². The van der Waals surface area contributed by atoms with Gasteiger partial charge in [0.05, 0.1) is 13.1 Å². The first-order chi connectivity index (χ1) is 10.8. The number of nitrogens with two attached hydrogens (primary N) is 1. The molecule has 23 heavy (non-hydrogen) atoms. The van der Waals surface area contributed by atoms with E-state index in [0.717, 1.165) is 13.0 Å². The Balaban J connectivity index is 0.00000192. The zero-order valence-electron chi connectivity index (χ0n) is 13.1. The Labute approximate surface area is 141 Å². The number of rotatable bonds is 6. The van der Waals surface area contributed by atoms with Crippen molar-refractivity contribution >= 4 is 23.2 Å². The highest BCUT2D eigenvalue weighted by Gasteiger charge is 2.08. The van der Waals surface area contributed by atoms with E-state index in [2.05, 4.69) is 64.6 Å². The number of hydrogen-bond donors (Lipinski definition) is 1. The van der Waals surface area contributed by atoms with Crippen LogP contribution >= 0.6 is 12.4 Å². The molecular weight excluding hydrogens is 312 g/mol. The first-order valence-electron chi connectivity index (χ1n) is 7.43. The molecule has 2 N–H and O–H groups in total. The third-order valence-corrected chi connectivity index (χ3v) is 3.74. The van der Waals surface area contributed by atoms with Crippen LogP contribution in [0.1, 0.15) is 17.3 Å². The van der Waals surface area contributed by atoms with Crippen molar-refractivity contribution in [2.75, 3.05) is 13.6 Å². The monoisotopic (exact) mass is 332 g/mol. The van der Waals surface area contributed by atoms with E-state index < -0.39 is 0 Å². The van der Waals surface area contributed by atoms with E-state index in [1.165, 1.54) is 16.3 Å². The Hall–Kier alpha value is -1.95. The van der Waals surface area contributed by atoms with Gasteiger partial charge in [0.25, 0.3) is 0 Å². The van der Waals surface area contributed by atoms with Gasteiger partial charge < -0.3 is 10.3 Å². The number of nitrogens with zero attached hydrogens (tertiary/aromatic N) is 3. The van der Waals surface area contributed by atoms with Crippen molar-refractivity contribution in [3.8, 4) is 0 Å². The Bertz CT molecular complexity index is 754. The van der Waals surface area contributed by atoms with E-state index in [1.54, 1.807) is 0 Å². The second kappa shape index (κ2) is 8.06. The molecule has 0 bridgehead atoms. The van der Waals surface area contributed by atoms with Gasteiger partial charge in [0.2, 0.25) is 5.89 Å². The van der Waals surface area contributed by atoms with Crippen molar-refractivity contribution in [2.45, 2.75) is 19.5 Å². The maximum absolute atomic E-state index is 5.47. The molecule has 2 aromatic carbocycles. The van der Waals surface area contributed by atoms with E-state index >= 15 is 0 Å². The van der Waals surface area contributed by atoms with Gasteiger partial charge in [0.1, 0.15) is 0 Å². The molecule has 1 heterocycles. The molecule has 0 aliphatic heterocycles. The number of halogens is 1. The normalized spacial score (nSPS) is 10.9. The summed E-state index contributed by atoms with van der Waals surface area (Å²) in [6.07, 6.45) is 0.986. The van der Waals surface area contributed by atoms with Gasteiger partial charge in [-0.3, -0.25) is 4.90 Å². The molecule has 0 saturated carbocycles. The maximum Gasteiger partial charge on any atom is 0.240 e. The van der Waals surface area contributed by atoms with Gasteiger partial charge in [-0.2, -0.15) is 4.98 Å². The average Bonchev–Trinajstić information content (AvgIpc) is 3.00. The highest BCUT2D eigenvalue weighted by atomic mass is 35.5. The fourth-order valence-electron chi connectivity index (χ4n) is 2.58. The maximum atomic E-state index is 5.47. The molecule has 0 aliphatic carbocycles. The van der Waals surface area contributed by atoms with E-state index in [4.69, 9.17) is 10.3 Å². The Morgan fingerprint density at radius 1 is 1.13 bits per heavy atom. The van der Waals surface area contributed by atoms with Crippen LogP contribution in [0.5, 0.6) is 0 Å². The number of hydrogen-bond acceptors (Lipinski definition) is 5. The second-order valence-corrected chi connectivity index (χ2v) is 5.43. The van der Waals surface area contributed by atoms with Gasteiger partial charge in [0.15, 0.2) is 5.82 Å². The van der Waals surface area contributed by atoms with E-state index in [-0.39, 0.29) is 19.0 Å². The molecule has 6 heteroatoms. The standard InChI is InChI=1S/C17H20N4O.ClH/c1-21(12-16-19-17(11-18)22-20-16)10-9-14-7-4-6-13-5-2-3-8-15(13)14;/h2-8H,9-12,18H2,1H3;1H. The summed E-state index contributed by atoms with van der Waals surface area (Å²) >= 11 is 0. The molecule has 0 unspecified atom stereocenters. The zero-order valence-corrected chi connectivity index (χ0v) is 13.9. The number of aromatic nitrogens is 2. The van der Waals surface area contributed by atoms with Gasteiger partial charge >= 0.3 is 0 Å². The van der Waals surface area contributed by atoms with Gasteiger partial charge in [0, 0.05) is 6.54 Å². The summed E-state index contributed by atoms with van der Waals surface area (Å²) in [5.74, 6) is 1.17. The fraction of sp³-hybridized carbons (Fsp3) is 0.294. The van der Waals surface area contributed by atoms with Crippen LogP contribution in [0, 0.1) is 0 Å². The minimum absolute atomic E-state index is 0. The van der Waals surface area contributed by atoms with Crippen LogP contribution in [0.15, 0.2) is 47.0 Å². The van der Waals surface area contributed by atoms with E-state index in [0.29, 0.717) is 18.3 Å². The number of benzene rings is 2. The SMILES string of the molecule is CN(CCc1cccc2ccccc12)Cc1noc(CN)n1.Cl. The third-order valence-electron chi connectivity index (χ3n) is 3.74. The first-order valence-corrected chi connectivity index (χ1v) is 7.43. The predicted molar refractivity (Wildman–Crippen MR) is 93.4 cm³/mol. The summed E-state index contributed by atoms with van der Waals surface area (Å²) < 4.78 is 5.02. The van der Waals surface area contributed by atoms with Crippen LogP contribution in [0.2, 0.25) is 0 Å². The number of likely N-dealkylation sites (N-methyl/N-ethyl adjacent to an activating group) is 1. The van der Waals surface area contributed by atoms with Gasteiger partial charge in [-0.1, -0.05) is 47.6 Å². The molecule has 3 rings (SSSR count). The molecule has 0 amide bonds. The van der Waals surface area contributed by atoms with Crippen molar-refractivity contribution in [2.24, 2.45) is 5.73 Å². The summed E-state index contributed by atoms with van der Waals surface area (Å²) in [7, 11) is 2.06. The highest BCUT2D eigenvalue weighted by Crippen LogP contribution is 2.19. The Morgan fingerprint density at radius 3 is 2.70 bits per heavy atom. The molecule has 3 aromatic rings. The summed E-state index contributed by atoms with van der Waals surface area (Å²) in [6, 6.07) is 14.9. The van der Waals surface area contributed by atoms with Crippen molar-refractivity contribution in [3.05, 3.63) is 59.7 Å². The quantitative estimate of drug-likeness (QED) is 0.751. The smallest absolute Gasteiger partial charge is 0.240 e. The lowest BCUT2D eigenvalue weighted by Crippen LogP contribution is -2.21. The van der Waals surface area contributed by atoms with Crippen LogP contribution in [0.3, 0.4) is 0 Å². The molecule has 0 fully saturated rings. The van der Waals surface area contributed by atoms with E-state index in [9.17, 15) is 0 Å². The van der Waals surface area contributed by atoms with Gasteiger partial charge in [-0.15, -0.1) is 12.4 Å². The van der Waals surface area contributed by atoms with Crippen LogP contribution in [0.25, 0.3) is 10.8 Å². The molecule has 0 atom stereocenters. The minimum Gasteiger partial charge on any atom is -0.338 e. The van der Waals surface area contributed by atoms with Crippen molar-refractivity contribution in [3.63, 3.8) is 0 Å². The largest absolute Gasteiger partial charge is 0.338 e. The number of fused-ring (bicyclic) bond motifs is 1. The minimum atomic E-state index is 0. The third kappa shape index (κ3) is 4.28. The van der Waals surface area contributed by atoms with Crippen LogP contribution < -0.4 is 5.73 Å². The van der Waals surface area contributed by atoms with Crippen LogP contribution in [-0.2, 0) is 19.5 Å². The van der Waals surface area contributed by atoms with Crippen molar-refractivity contribution in [1.29, 1.82) is 0 Å². The predicted octanol–water partition coefficient (Wildman–Crippen LogP) is 2.78.